The van der Waals surface area contributed by atoms with Crippen LogP contribution in [0.1, 0.15) is 5.69 Å². The van der Waals surface area contributed by atoms with Crippen LogP contribution < -0.4 is 5.32 Å². The average Bonchev–Trinajstić information content (AvgIpc) is 2.65. The third kappa shape index (κ3) is 1.83. The van der Waals surface area contributed by atoms with Crippen molar-refractivity contribution in [2.24, 2.45) is 0 Å². The van der Waals surface area contributed by atoms with Gasteiger partial charge in [-0.1, -0.05) is 6.07 Å². The molecule has 0 unspecified atom stereocenters. The number of benzene rings is 1. The van der Waals surface area contributed by atoms with Crippen LogP contribution in [-0.2, 0) is 0 Å². The predicted octanol–water partition coefficient (Wildman–Crippen LogP) is 2.57. The first-order valence-electron chi connectivity index (χ1n) is 4.70. The van der Waals surface area contributed by atoms with E-state index in [0.29, 0.717) is 5.69 Å². The average molecular weight is 205 g/mol. The van der Waals surface area contributed by atoms with Gasteiger partial charge in [0, 0.05) is 12.6 Å². The second-order valence-corrected chi connectivity index (χ2v) is 3.37. The molecule has 0 radical (unpaired) electrons. The Morgan fingerprint density at radius 3 is 2.67 bits per heavy atom. The van der Waals surface area contributed by atoms with Gasteiger partial charge in [-0.15, -0.1) is 0 Å². The largest absolute Gasteiger partial charge is 0.386 e. The topological polar surface area (TPSA) is 40.7 Å². The van der Waals surface area contributed by atoms with Crippen molar-refractivity contribution in [2.45, 2.75) is 6.92 Å². The molecule has 0 fully saturated rings. The molecule has 0 atom stereocenters. The number of anilines is 1. The third-order valence-corrected chi connectivity index (χ3v) is 2.26. The standard InChI is InChI=1S/C11H12FN3/c1-7-5-11(15-14-7)8-3-4-10(13-2)9(12)6-8/h3-6,13H,1-2H3,(H,14,15). The lowest BCUT2D eigenvalue weighted by Crippen LogP contribution is -1.92. The lowest BCUT2D eigenvalue weighted by atomic mass is 10.1. The summed E-state index contributed by atoms with van der Waals surface area (Å²) in [7, 11) is 1.69. The monoisotopic (exact) mass is 205 g/mol. The number of aromatic amines is 1. The summed E-state index contributed by atoms with van der Waals surface area (Å²) >= 11 is 0. The molecule has 2 aromatic rings. The summed E-state index contributed by atoms with van der Waals surface area (Å²) in [6.07, 6.45) is 0. The maximum atomic E-state index is 13.4. The first-order chi connectivity index (χ1) is 7.20. The highest BCUT2D eigenvalue weighted by atomic mass is 19.1. The minimum atomic E-state index is -0.262. The van der Waals surface area contributed by atoms with E-state index in [-0.39, 0.29) is 5.82 Å². The maximum Gasteiger partial charge on any atom is 0.146 e. The smallest absolute Gasteiger partial charge is 0.146 e. The normalized spacial score (nSPS) is 10.3. The Balaban J connectivity index is 2.42. The van der Waals surface area contributed by atoms with Crippen molar-refractivity contribution in [3.63, 3.8) is 0 Å². The van der Waals surface area contributed by atoms with Gasteiger partial charge in [-0.3, -0.25) is 5.10 Å². The van der Waals surface area contributed by atoms with E-state index in [4.69, 9.17) is 0 Å². The molecule has 2 rings (SSSR count). The van der Waals surface area contributed by atoms with Crippen LogP contribution in [0.2, 0.25) is 0 Å². The Morgan fingerprint density at radius 1 is 1.33 bits per heavy atom. The van der Waals surface area contributed by atoms with Crippen LogP contribution in [0.3, 0.4) is 0 Å². The molecule has 0 saturated carbocycles. The van der Waals surface area contributed by atoms with E-state index < -0.39 is 0 Å². The Hall–Kier alpha value is -1.84. The van der Waals surface area contributed by atoms with Gasteiger partial charge in [-0.05, 0) is 25.1 Å². The Bertz CT molecular complexity index is 476. The fraction of sp³-hybridized carbons (Fsp3) is 0.182. The number of aromatic nitrogens is 2. The zero-order valence-corrected chi connectivity index (χ0v) is 8.63. The van der Waals surface area contributed by atoms with Crippen molar-refractivity contribution < 1.29 is 4.39 Å². The van der Waals surface area contributed by atoms with Gasteiger partial charge < -0.3 is 5.32 Å². The van der Waals surface area contributed by atoms with Crippen LogP contribution in [0.5, 0.6) is 0 Å². The zero-order chi connectivity index (χ0) is 10.8. The summed E-state index contributed by atoms with van der Waals surface area (Å²) in [5.74, 6) is -0.262. The fourth-order valence-corrected chi connectivity index (χ4v) is 1.46. The van der Waals surface area contributed by atoms with E-state index in [1.165, 1.54) is 6.07 Å². The van der Waals surface area contributed by atoms with Gasteiger partial charge in [0.2, 0.25) is 0 Å². The number of halogens is 1. The Kier molecular flexibility index (Phi) is 2.41. The van der Waals surface area contributed by atoms with Crippen molar-refractivity contribution in [3.8, 4) is 11.3 Å². The van der Waals surface area contributed by atoms with Crippen LogP contribution in [0, 0.1) is 12.7 Å². The molecule has 0 spiro atoms. The Labute approximate surface area is 87.3 Å². The lowest BCUT2D eigenvalue weighted by molar-refractivity contribution is 0.632. The van der Waals surface area contributed by atoms with E-state index in [9.17, 15) is 4.39 Å². The first kappa shape index (κ1) is 9.71. The van der Waals surface area contributed by atoms with Crippen LogP contribution in [0.15, 0.2) is 24.3 Å². The number of rotatable bonds is 2. The van der Waals surface area contributed by atoms with Crippen LogP contribution in [0.4, 0.5) is 10.1 Å². The van der Waals surface area contributed by atoms with Crippen molar-refractivity contribution in [2.75, 3.05) is 12.4 Å². The summed E-state index contributed by atoms with van der Waals surface area (Å²) in [5.41, 5.74) is 3.01. The molecule has 1 heterocycles. The van der Waals surface area contributed by atoms with E-state index in [1.54, 1.807) is 13.1 Å². The molecule has 15 heavy (non-hydrogen) atoms. The maximum absolute atomic E-state index is 13.4. The van der Waals surface area contributed by atoms with Gasteiger partial charge in [-0.2, -0.15) is 5.10 Å². The van der Waals surface area contributed by atoms with E-state index in [2.05, 4.69) is 15.5 Å². The number of aryl methyl sites for hydroxylation is 1. The van der Waals surface area contributed by atoms with Crippen LogP contribution >= 0.6 is 0 Å². The van der Waals surface area contributed by atoms with E-state index in [0.717, 1.165) is 17.0 Å². The molecule has 4 heteroatoms. The number of nitrogens with zero attached hydrogens (tertiary/aromatic N) is 1. The highest BCUT2D eigenvalue weighted by Crippen LogP contribution is 2.22. The van der Waals surface area contributed by atoms with Gasteiger partial charge >= 0.3 is 0 Å². The van der Waals surface area contributed by atoms with Crippen molar-refractivity contribution >= 4 is 5.69 Å². The number of nitrogens with one attached hydrogen (secondary N) is 2. The van der Waals surface area contributed by atoms with Crippen molar-refractivity contribution in [3.05, 3.63) is 35.8 Å². The van der Waals surface area contributed by atoms with Gasteiger partial charge in [0.05, 0.1) is 17.1 Å². The molecule has 0 aliphatic carbocycles. The molecular weight excluding hydrogens is 193 g/mol. The van der Waals surface area contributed by atoms with E-state index in [1.807, 2.05) is 19.1 Å². The molecule has 1 aromatic carbocycles. The number of hydrogen-bond donors (Lipinski definition) is 2. The molecular formula is C11H12FN3. The molecule has 2 N–H and O–H groups in total. The molecule has 1 aromatic heterocycles. The summed E-state index contributed by atoms with van der Waals surface area (Å²) in [6.45, 7) is 1.89. The second kappa shape index (κ2) is 3.73. The molecule has 0 bridgehead atoms. The summed E-state index contributed by atoms with van der Waals surface area (Å²) < 4.78 is 13.4. The zero-order valence-electron chi connectivity index (χ0n) is 8.63. The lowest BCUT2D eigenvalue weighted by Gasteiger charge is -2.03. The van der Waals surface area contributed by atoms with Crippen molar-refractivity contribution in [1.82, 2.24) is 10.2 Å². The highest BCUT2D eigenvalue weighted by Gasteiger charge is 2.05. The predicted molar refractivity (Wildman–Crippen MR) is 58.3 cm³/mol. The molecule has 78 valence electrons. The molecule has 3 nitrogen and oxygen atoms in total. The van der Waals surface area contributed by atoms with Gasteiger partial charge in [0.15, 0.2) is 0 Å². The number of H-pyrrole nitrogens is 1. The van der Waals surface area contributed by atoms with E-state index >= 15 is 0 Å². The van der Waals surface area contributed by atoms with Crippen LogP contribution in [0.25, 0.3) is 11.3 Å². The van der Waals surface area contributed by atoms with Gasteiger partial charge in [-0.25, -0.2) is 4.39 Å². The second-order valence-electron chi connectivity index (χ2n) is 3.37. The first-order valence-corrected chi connectivity index (χ1v) is 4.70. The minimum absolute atomic E-state index is 0.262. The summed E-state index contributed by atoms with van der Waals surface area (Å²) in [4.78, 5) is 0. The summed E-state index contributed by atoms with van der Waals surface area (Å²) in [5, 5.41) is 9.63. The quantitative estimate of drug-likeness (QED) is 0.791. The Morgan fingerprint density at radius 2 is 2.13 bits per heavy atom. The minimum Gasteiger partial charge on any atom is -0.386 e. The number of hydrogen-bond acceptors (Lipinski definition) is 2. The van der Waals surface area contributed by atoms with Crippen molar-refractivity contribution in [1.29, 1.82) is 0 Å². The highest BCUT2D eigenvalue weighted by molar-refractivity contribution is 5.63. The summed E-state index contributed by atoms with van der Waals surface area (Å²) in [6, 6.07) is 6.93. The fourth-order valence-electron chi connectivity index (χ4n) is 1.46. The molecule has 0 amide bonds. The molecule has 0 aliphatic heterocycles. The van der Waals surface area contributed by atoms with Crippen LogP contribution in [-0.4, -0.2) is 17.2 Å². The molecule has 0 saturated heterocycles. The van der Waals surface area contributed by atoms with Gasteiger partial charge in [0.25, 0.3) is 0 Å². The SMILES string of the molecule is CNc1ccc(-c2cc(C)n[nH]2)cc1F. The molecule has 0 aliphatic rings. The third-order valence-electron chi connectivity index (χ3n) is 2.26. The van der Waals surface area contributed by atoms with Gasteiger partial charge in [0.1, 0.15) is 5.82 Å².